The molecule has 1 aromatic carbocycles. The molecule has 130 valence electrons. The van der Waals surface area contributed by atoms with Crippen LogP contribution in [0.5, 0.6) is 5.75 Å². The number of Topliss-reactive ketones (excluding diaryl/α,β-unsaturated/α-hetero) is 1. The van der Waals surface area contributed by atoms with Crippen molar-refractivity contribution in [3.05, 3.63) is 51.9 Å². The summed E-state index contributed by atoms with van der Waals surface area (Å²) >= 11 is 0. The maximum atomic E-state index is 13.1. The van der Waals surface area contributed by atoms with Gasteiger partial charge in [-0.1, -0.05) is 6.08 Å². The van der Waals surface area contributed by atoms with Gasteiger partial charge in [-0.05, 0) is 45.9 Å². The second kappa shape index (κ2) is 5.88. The topological polar surface area (TPSA) is 82.8 Å². The van der Waals surface area contributed by atoms with Gasteiger partial charge < -0.3 is 13.9 Å². The Morgan fingerprint density at radius 3 is 2.56 bits per heavy atom. The summed E-state index contributed by atoms with van der Waals surface area (Å²) in [7, 11) is 0. The summed E-state index contributed by atoms with van der Waals surface area (Å²) in [5, 5.41) is 0.588. The third-order valence-electron chi connectivity index (χ3n) is 4.22. The first-order valence-electron chi connectivity index (χ1n) is 7.88. The summed E-state index contributed by atoms with van der Waals surface area (Å²) in [6, 6.07) is 6.20. The highest BCUT2D eigenvalue weighted by Gasteiger charge is 2.47. The molecule has 1 aliphatic rings. The van der Waals surface area contributed by atoms with Crippen LogP contribution in [0.4, 0.5) is 0 Å². The molecule has 0 N–H and O–H groups in total. The van der Waals surface area contributed by atoms with Crippen molar-refractivity contribution in [1.82, 2.24) is 0 Å². The Kier molecular flexibility index (Phi) is 3.99. The molecular weight excluding hydrogens is 324 g/mol. The van der Waals surface area contributed by atoms with Crippen molar-refractivity contribution in [2.24, 2.45) is 0 Å². The number of allylic oxidation sites excluding steroid dienone is 1. The lowest BCUT2D eigenvalue weighted by Crippen LogP contribution is -2.52. The Morgan fingerprint density at radius 1 is 1.20 bits per heavy atom. The van der Waals surface area contributed by atoms with Gasteiger partial charge in [0.25, 0.3) is 0 Å². The summed E-state index contributed by atoms with van der Waals surface area (Å²) in [5.41, 5.74) is -0.994. The molecule has 3 rings (SSSR count). The highest BCUT2D eigenvalue weighted by molar-refractivity contribution is 6.12. The molecule has 0 unspecified atom stereocenters. The fourth-order valence-corrected chi connectivity index (χ4v) is 2.73. The van der Waals surface area contributed by atoms with Crippen molar-refractivity contribution in [2.45, 2.75) is 39.4 Å². The molecule has 0 bridgehead atoms. The monoisotopic (exact) mass is 342 g/mol. The Labute approximate surface area is 144 Å². The Bertz CT molecular complexity index is 964. The molecule has 0 amide bonds. The summed E-state index contributed by atoms with van der Waals surface area (Å²) in [4.78, 5) is 36.8. The highest BCUT2D eigenvalue weighted by Crippen LogP contribution is 2.38. The van der Waals surface area contributed by atoms with Gasteiger partial charge in [-0.2, -0.15) is 0 Å². The molecule has 2 aromatic rings. The zero-order chi connectivity index (χ0) is 18.4. The number of benzene rings is 1. The lowest BCUT2D eigenvalue weighted by Gasteiger charge is -2.38. The van der Waals surface area contributed by atoms with Crippen molar-refractivity contribution < 1.29 is 23.5 Å². The maximum absolute atomic E-state index is 13.1. The number of esters is 1. The van der Waals surface area contributed by atoms with Crippen LogP contribution in [0, 0.1) is 0 Å². The quantitative estimate of drug-likeness (QED) is 0.474. The number of hydrogen-bond acceptors (Lipinski definition) is 6. The fourth-order valence-electron chi connectivity index (χ4n) is 2.73. The van der Waals surface area contributed by atoms with Gasteiger partial charge in [0.2, 0.25) is 11.9 Å². The summed E-state index contributed by atoms with van der Waals surface area (Å²) in [5.74, 6) is -0.752. The number of ether oxygens (including phenoxy) is 2. The van der Waals surface area contributed by atoms with E-state index < -0.39 is 29.1 Å². The number of ketones is 1. The van der Waals surface area contributed by atoms with E-state index in [1.165, 1.54) is 6.07 Å². The van der Waals surface area contributed by atoms with E-state index in [2.05, 4.69) is 0 Å². The van der Waals surface area contributed by atoms with Gasteiger partial charge in [0, 0.05) is 17.0 Å². The zero-order valence-electron chi connectivity index (χ0n) is 14.4. The predicted molar refractivity (Wildman–Crippen MR) is 90.8 cm³/mol. The fraction of sp³-hybridized carbons (Fsp3) is 0.316. The maximum Gasteiger partial charge on any atom is 0.336 e. The van der Waals surface area contributed by atoms with E-state index in [9.17, 15) is 14.4 Å². The van der Waals surface area contributed by atoms with Crippen molar-refractivity contribution in [2.75, 3.05) is 0 Å². The van der Waals surface area contributed by atoms with E-state index in [1.54, 1.807) is 52.0 Å². The van der Waals surface area contributed by atoms with E-state index in [0.717, 1.165) is 0 Å². The van der Waals surface area contributed by atoms with Crippen LogP contribution in [-0.4, -0.2) is 23.5 Å². The van der Waals surface area contributed by atoms with Crippen molar-refractivity contribution in [3.63, 3.8) is 0 Å². The molecule has 1 aliphatic heterocycles. The third kappa shape index (κ3) is 2.84. The molecule has 0 radical (unpaired) electrons. The van der Waals surface area contributed by atoms with Crippen molar-refractivity contribution >= 4 is 22.7 Å². The normalized spacial score (nSPS) is 19.3. The van der Waals surface area contributed by atoms with Gasteiger partial charge >= 0.3 is 11.6 Å². The number of rotatable bonds is 2. The standard InChI is InChI=1S/C19H18O6/c1-5-10(2)18(22)24-17-15(21)14-12(25-19(17,3)4)8-6-11-7-9-13(20)23-16(11)14/h5-9,17H,1-4H3/t17-/m0/s1. The number of carbonyl (C=O) groups excluding carboxylic acids is 2. The minimum absolute atomic E-state index is 0.116. The molecule has 2 heterocycles. The molecule has 25 heavy (non-hydrogen) atoms. The van der Waals surface area contributed by atoms with Gasteiger partial charge in [0.1, 0.15) is 16.9 Å². The summed E-state index contributed by atoms with van der Waals surface area (Å²) in [6.07, 6.45) is 0.449. The van der Waals surface area contributed by atoms with E-state index >= 15 is 0 Å². The molecule has 0 saturated carbocycles. The van der Waals surface area contributed by atoms with Gasteiger partial charge in [-0.25, -0.2) is 9.59 Å². The predicted octanol–water partition coefficient (Wildman–Crippen LogP) is 3.02. The first-order valence-corrected chi connectivity index (χ1v) is 7.88. The molecule has 1 atom stereocenters. The van der Waals surface area contributed by atoms with Gasteiger partial charge in [0.05, 0.1) is 0 Å². The van der Waals surface area contributed by atoms with Gasteiger partial charge in [-0.15, -0.1) is 0 Å². The minimum atomic E-state index is -1.15. The average molecular weight is 342 g/mol. The van der Waals surface area contributed by atoms with Gasteiger partial charge in [0.15, 0.2) is 5.58 Å². The van der Waals surface area contributed by atoms with Crippen LogP contribution < -0.4 is 10.4 Å². The molecule has 6 heteroatoms. The molecule has 0 aliphatic carbocycles. The van der Waals surface area contributed by atoms with Crippen LogP contribution in [0.3, 0.4) is 0 Å². The van der Waals surface area contributed by atoms with Crippen LogP contribution in [0.1, 0.15) is 38.1 Å². The molecule has 0 fully saturated rings. The van der Waals surface area contributed by atoms with E-state index in [-0.39, 0.29) is 11.1 Å². The van der Waals surface area contributed by atoms with Crippen molar-refractivity contribution in [1.29, 1.82) is 0 Å². The third-order valence-corrected chi connectivity index (χ3v) is 4.22. The second-order valence-electron chi connectivity index (χ2n) is 6.44. The lowest BCUT2D eigenvalue weighted by atomic mass is 9.88. The molecular formula is C19H18O6. The lowest BCUT2D eigenvalue weighted by molar-refractivity contribution is -0.151. The number of fused-ring (bicyclic) bond motifs is 3. The van der Waals surface area contributed by atoms with Crippen LogP contribution >= 0.6 is 0 Å². The molecule has 0 spiro atoms. The molecule has 1 aromatic heterocycles. The number of carbonyl (C=O) groups is 2. The molecule has 6 nitrogen and oxygen atoms in total. The van der Waals surface area contributed by atoms with Crippen LogP contribution in [0.2, 0.25) is 0 Å². The minimum Gasteiger partial charge on any atom is -0.483 e. The Morgan fingerprint density at radius 2 is 1.88 bits per heavy atom. The SMILES string of the molecule is CC=C(C)C(=O)O[C@H]1C(=O)c2c(ccc3ccc(=O)oc23)OC1(C)C. The largest absolute Gasteiger partial charge is 0.483 e. The van der Waals surface area contributed by atoms with Crippen LogP contribution in [0.15, 0.2) is 45.1 Å². The second-order valence-corrected chi connectivity index (χ2v) is 6.44. The molecule has 0 saturated heterocycles. The van der Waals surface area contributed by atoms with Crippen LogP contribution in [0.25, 0.3) is 11.0 Å². The summed E-state index contributed by atoms with van der Waals surface area (Å²) < 4.78 is 16.5. The first kappa shape index (κ1) is 17.0. The van der Waals surface area contributed by atoms with Crippen molar-refractivity contribution in [3.8, 4) is 5.75 Å². The van der Waals surface area contributed by atoms with Gasteiger partial charge in [-0.3, -0.25) is 4.79 Å². The summed E-state index contributed by atoms with van der Waals surface area (Å²) in [6.45, 7) is 6.65. The zero-order valence-corrected chi connectivity index (χ0v) is 14.4. The smallest absolute Gasteiger partial charge is 0.336 e. The van der Waals surface area contributed by atoms with Crippen LogP contribution in [-0.2, 0) is 9.53 Å². The van der Waals surface area contributed by atoms with E-state index in [4.69, 9.17) is 13.9 Å². The first-order chi connectivity index (χ1) is 11.7. The highest BCUT2D eigenvalue weighted by atomic mass is 16.6. The Hall–Kier alpha value is -2.89. The number of hydrogen-bond donors (Lipinski definition) is 0. The average Bonchev–Trinajstić information content (AvgIpc) is 2.56. The van der Waals surface area contributed by atoms with E-state index in [0.29, 0.717) is 16.7 Å². The Balaban J connectivity index is 2.14. The van der Waals surface area contributed by atoms with E-state index in [1.807, 2.05) is 0 Å².